The van der Waals surface area contributed by atoms with Gasteiger partial charge >= 0.3 is 0 Å². The van der Waals surface area contributed by atoms with Crippen LogP contribution in [0, 0.1) is 16.7 Å². The summed E-state index contributed by atoms with van der Waals surface area (Å²) in [7, 11) is 0. The molecule has 0 aliphatic rings. The molecule has 1 atom stereocenters. The molecule has 17 heavy (non-hydrogen) atoms. The van der Waals surface area contributed by atoms with E-state index in [2.05, 4.69) is 26.8 Å². The van der Waals surface area contributed by atoms with Crippen LogP contribution < -0.4 is 0 Å². The Labute approximate surface area is 109 Å². The molecule has 0 aromatic carbocycles. The molecule has 0 aliphatic heterocycles. The lowest BCUT2D eigenvalue weighted by Crippen LogP contribution is -2.13. The van der Waals surface area contributed by atoms with Crippen LogP contribution in [0.15, 0.2) is 0 Å². The highest BCUT2D eigenvalue weighted by Gasteiger charge is 2.22. The van der Waals surface area contributed by atoms with Crippen molar-refractivity contribution in [1.82, 2.24) is 0 Å². The van der Waals surface area contributed by atoms with Gasteiger partial charge in [0.05, 0.1) is 11.5 Å². The maximum Gasteiger partial charge on any atom is 0.0686 e. The van der Waals surface area contributed by atoms with Crippen molar-refractivity contribution in [2.24, 2.45) is 5.41 Å². The zero-order chi connectivity index (χ0) is 13.0. The summed E-state index contributed by atoms with van der Waals surface area (Å²) >= 11 is 0. The molecule has 1 nitrogen and oxygen atoms in total. The van der Waals surface area contributed by atoms with Gasteiger partial charge in [-0.15, -0.1) is 0 Å². The summed E-state index contributed by atoms with van der Waals surface area (Å²) in [6, 6.07) is 2.55. The zero-order valence-corrected chi connectivity index (χ0v) is 12.2. The van der Waals surface area contributed by atoms with Gasteiger partial charge in [0.1, 0.15) is 0 Å². The van der Waals surface area contributed by atoms with Crippen LogP contribution in [0.1, 0.15) is 91.4 Å². The van der Waals surface area contributed by atoms with Crippen molar-refractivity contribution in [3.05, 3.63) is 0 Å². The predicted molar refractivity (Wildman–Crippen MR) is 75.9 cm³/mol. The van der Waals surface area contributed by atoms with Crippen LogP contribution in [0.5, 0.6) is 0 Å². The van der Waals surface area contributed by atoms with Gasteiger partial charge in [0.15, 0.2) is 0 Å². The molecule has 0 spiro atoms. The summed E-state index contributed by atoms with van der Waals surface area (Å²) in [6.45, 7) is 6.63. The van der Waals surface area contributed by atoms with Crippen LogP contribution >= 0.6 is 0 Å². The Morgan fingerprint density at radius 1 is 0.765 bits per heavy atom. The number of rotatable bonds is 11. The zero-order valence-electron chi connectivity index (χ0n) is 12.2. The average Bonchev–Trinajstić information content (AvgIpc) is 2.34. The van der Waals surface area contributed by atoms with Gasteiger partial charge in [0.2, 0.25) is 0 Å². The summed E-state index contributed by atoms with van der Waals surface area (Å²) < 4.78 is 0. The Balaban J connectivity index is 3.66. The smallest absolute Gasteiger partial charge is 0.0686 e. The highest BCUT2D eigenvalue weighted by atomic mass is 14.3. The second-order valence-corrected chi connectivity index (χ2v) is 5.65. The van der Waals surface area contributed by atoms with Crippen LogP contribution in [0.2, 0.25) is 0 Å². The van der Waals surface area contributed by atoms with Crippen LogP contribution in [0.3, 0.4) is 0 Å². The van der Waals surface area contributed by atoms with E-state index >= 15 is 0 Å². The summed E-state index contributed by atoms with van der Waals surface area (Å²) in [5.41, 5.74) is -0.0556. The molecule has 0 aliphatic carbocycles. The molecule has 0 rings (SSSR count). The molecule has 0 radical (unpaired) electrons. The Hall–Kier alpha value is -0.510. The first kappa shape index (κ1) is 16.5. The molecular weight excluding hydrogens is 206 g/mol. The number of hydrogen-bond donors (Lipinski definition) is 0. The van der Waals surface area contributed by atoms with Gasteiger partial charge in [-0.25, -0.2) is 0 Å². The first-order chi connectivity index (χ1) is 8.18. The van der Waals surface area contributed by atoms with E-state index in [4.69, 9.17) is 0 Å². The van der Waals surface area contributed by atoms with E-state index < -0.39 is 0 Å². The van der Waals surface area contributed by atoms with E-state index in [1.54, 1.807) is 0 Å². The highest BCUT2D eigenvalue weighted by molar-refractivity contribution is 4.95. The first-order valence-corrected chi connectivity index (χ1v) is 7.59. The normalized spacial score (nSPS) is 14.2. The molecule has 0 fully saturated rings. The molecule has 0 amide bonds. The quantitative estimate of drug-likeness (QED) is 0.414. The third kappa shape index (κ3) is 9.22. The van der Waals surface area contributed by atoms with Gasteiger partial charge in [-0.05, 0) is 19.8 Å². The molecule has 0 N–H and O–H groups in total. The summed E-state index contributed by atoms with van der Waals surface area (Å²) in [6.07, 6.45) is 13.8. The maximum absolute atomic E-state index is 9.29. The van der Waals surface area contributed by atoms with Gasteiger partial charge < -0.3 is 0 Å². The lowest BCUT2D eigenvalue weighted by molar-refractivity contribution is 0.339. The summed E-state index contributed by atoms with van der Waals surface area (Å²) in [5, 5.41) is 9.29. The van der Waals surface area contributed by atoms with E-state index in [0.717, 1.165) is 12.8 Å². The minimum Gasteiger partial charge on any atom is -0.198 e. The molecule has 0 heterocycles. The third-order valence-electron chi connectivity index (χ3n) is 3.68. The second-order valence-electron chi connectivity index (χ2n) is 5.65. The maximum atomic E-state index is 9.29. The van der Waals surface area contributed by atoms with E-state index in [-0.39, 0.29) is 5.41 Å². The molecule has 0 saturated heterocycles. The summed E-state index contributed by atoms with van der Waals surface area (Å²) in [4.78, 5) is 0. The summed E-state index contributed by atoms with van der Waals surface area (Å²) in [5.74, 6) is 0. The van der Waals surface area contributed by atoms with Crippen molar-refractivity contribution in [1.29, 1.82) is 5.26 Å². The van der Waals surface area contributed by atoms with Gasteiger partial charge in [-0.3, -0.25) is 0 Å². The minimum atomic E-state index is -0.0556. The minimum absolute atomic E-state index is 0.0556. The standard InChI is InChI=1S/C16H31N/c1-4-6-8-10-12-14-16(3,15-17)13-11-9-7-5-2/h4-14H2,1-3H3. The van der Waals surface area contributed by atoms with Crippen molar-refractivity contribution in [2.75, 3.05) is 0 Å². The van der Waals surface area contributed by atoms with E-state index in [0.29, 0.717) is 0 Å². The molecule has 1 heteroatoms. The van der Waals surface area contributed by atoms with Crippen LogP contribution in [-0.2, 0) is 0 Å². The lowest BCUT2D eigenvalue weighted by Gasteiger charge is -2.21. The van der Waals surface area contributed by atoms with Crippen molar-refractivity contribution >= 4 is 0 Å². The number of hydrogen-bond acceptors (Lipinski definition) is 1. The molecular formula is C16H31N. The van der Waals surface area contributed by atoms with Crippen molar-refractivity contribution < 1.29 is 0 Å². The molecule has 1 unspecified atom stereocenters. The second kappa shape index (κ2) is 10.6. The van der Waals surface area contributed by atoms with Gasteiger partial charge in [-0.1, -0.05) is 71.6 Å². The van der Waals surface area contributed by atoms with Gasteiger partial charge in [0.25, 0.3) is 0 Å². The van der Waals surface area contributed by atoms with Crippen molar-refractivity contribution in [3.63, 3.8) is 0 Å². The largest absolute Gasteiger partial charge is 0.198 e. The molecule has 0 bridgehead atoms. The number of nitriles is 1. The van der Waals surface area contributed by atoms with Crippen LogP contribution in [0.25, 0.3) is 0 Å². The van der Waals surface area contributed by atoms with E-state index in [1.807, 2.05) is 0 Å². The fourth-order valence-electron chi connectivity index (χ4n) is 2.30. The van der Waals surface area contributed by atoms with Crippen LogP contribution in [-0.4, -0.2) is 0 Å². The Morgan fingerprint density at radius 3 is 1.59 bits per heavy atom. The monoisotopic (exact) mass is 237 g/mol. The average molecular weight is 237 g/mol. The topological polar surface area (TPSA) is 23.8 Å². The van der Waals surface area contributed by atoms with E-state index in [1.165, 1.54) is 57.8 Å². The highest BCUT2D eigenvalue weighted by Crippen LogP contribution is 2.30. The van der Waals surface area contributed by atoms with Crippen molar-refractivity contribution in [3.8, 4) is 6.07 Å². The van der Waals surface area contributed by atoms with Gasteiger partial charge in [-0.2, -0.15) is 5.26 Å². The molecule has 0 saturated carbocycles. The van der Waals surface area contributed by atoms with Crippen molar-refractivity contribution in [2.45, 2.75) is 91.4 Å². The molecule has 100 valence electrons. The Bertz CT molecular complexity index is 204. The van der Waals surface area contributed by atoms with Gasteiger partial charge in [0, 0.05) is 0 Å². The number of unbranched alkanes of at least 4 members (excludes halogenated alkanes) is 7. The molecule has 0 aromatic rings. The van der Waals surface area contributed by atoms with E-state index in [9.17, 15) is 5.26 Å². The lowest BCUT2D eigenvalue weighted by atomic mass is 9.81. The fourth-order valence-corrected chi connectivity index (χ4v) is 2.30. The Kier molecular flexibility index (Phi) is 10.3. The SMILES string of the molecule is CCCCCCCC(C)(C#N)CCCCCC. The molecule has 0 aromatic heterocycles. The third-order valence-corrected chi connectivity index (χ3v) is 3.68. The first-order valence-electron chi connectivity index (χ1n) is 7.59. The number of nitrogens with zero attached hydrogens (tertiary/aromatic N) is 1. The van der Waals surface area contributed by atoms with Crippen LogP contribution in [0.4, 0.5) is 0 Å². The Morgan fingerprint density at radius 2 is 1.18 bits per heavy atom. The fraction of sp³-hybridized carbons (Fsp3) is 0.938. The predicted octanol–water partition coefficient (Wildman–Crippen LogP) is 5.85.